The first-order valence-electron chi connectivity index (χ1n) is 9.74. The Kier molecular flexibility index (Phi) is 4.16. The van der Waals surface area contributed by atoms with E-state index in [1.54, 1.807) is 11.9 Å². The van der Waals surface area contributed by atoms with Crippen molar-refractivity contribution >= 4 is 17.5 Å². The van der Waals surface area contributed by atoms with E-state index in [2.05, 4.69) is 26.6 Å². The Morgan fingerprint density at radius 2 is 1.93 bits per heavy atom. The molecule has 1 aliphatic heterocycles. The van der Waals surface area contributed by atoms with Crippen molar-refractivity contribution in [2.24, 2.45) is 5.92 Å². The number of hydrogen-bond donors (Lipinski definition) is 2. The maximum Gasteiger partial charge on any atom is 0.291 e. The second-order valence-corrected chi connectivity index (χ2v) is 7.68. The van der Waals surface area contributed by atoms with Crippen LogP contribution in [-0.4, -0.2) is 40.1 Å². The van der Waals surface area contributed by atoms with Crippen LogP contribution in [0.2, 0.25) is 0 Å². The third-order valence-electron chi connectivity index (χ3n) is 5.80. The summed E-state index contributed by atoms with van der Waals surface area (Å²) in [5.74, 6) is 0.555. The Labute approximate surface area is 168 Å². The molecule has 1 aromatic heterocycles. The van der Waals surface area contributed by atoms with E-state index in [4.69, 9.17) is 0 Å². The summed E-state index contributed by atoms with van der Waals surface area (Å²) < 4.78 is 0. The summed E-state index contributed by atoms with van der Waals surface area (Å²) in [6, 6.07) is 17.2. The number of amides is 2. The molecule has 2 aromatic carbocycles. The molecule has 1 aliphatic carbocycles. The lowest BCUT2D eigenvalue weighted by molar-refractivity contribution is -0.120. The zero-order valence-electron chi connectivity index (χ0n) is 16.0. The monoisotopic (exact) mass is 387 g/mol. The second-order valence-electron chi connectivity index (χ2n) is 7.68. The molecule has 3 aromatic rings. The van der Waals surface area contributed by atoms with Gasteiger partial charge in [-0.05, 0) is 35.4 Å². The van der Waals surface area contributed by atoms with Crippen LogP contribution in [0.3, 0.4) is 0 Å². The number of nitrogens with zero attached hydrogens (tertiary/aromatic N) is 3. The Morgan fingerprint density at radius 3 is 2.76 bits per heavy atom. The highest BCUT2D eigenvalue weighted by Gasteiger charge is 2.51. The number of anilines is 1. The summed E-state index contributed by atoms with van der Waals surface area (Å²) >= 11 is 0. The molecule has 146 valence electrons. The van der Waals surface area contributed by atoms with Gasteiger partial charge in [-0.25, -0.2) is 4.98 Å². The molecule has 2 heterocycles. The first kappa shape index (κ1) is 17.6. The number of aromatic nitrogens is 3. The second kappa shape index (κ2) is 6.84. The van der Waals surface area contributed by atoms with Crippen LogP contribution < -0.4 is 10.2 Å². The van der Waals surface area contributed by atoms with Crippen LogP contribution in [0.15, 0.2) is 54.6 Å². The lowest BCUT2D eigenvalue weighted by Crippen LogP contribution is -2.48. The number of benzene rings is 2. The van der Waals surface area contributed by atoms with Crippen LogP contribution in [0.1, 0.15) is 39.9 Å². The summed E-state index contributed by atoms with van der Waals surface area (Å²) in [6.45, 7) is 0. The molecular weight excluding hydrogens is 366 g/mol. The van der Waals surface area contributed by atoms with Gasteiger partial charge in [0.2, 0.25) is 11.7 Å². The molecule has 29 heavy (non-hydrogen) atoms. The first-order chi connectivity index (χ1) is 14.1. The van der Waals surface area contributed by atoms with Crippen LogP contribution in [-0.2, 0) is 11.2 Å². The molecule has 2 N–H and O–H groups in total. The van der Waals surface area contributed by atoms with Gasteiger partial charge in [-0.1, -0.05) is 48.5 Å². The van der Waals surface area contributed by atoms with E-state index in [-0.39, 0.29) is 17.6 Å². The van der Waals surface area contributed by atoms with Gasteiger partial charge < -0.3 is 10.2 Å². The van der Waals surface area contributed by atoms with E-state index < -0.39 is 11.9 Å². The van der Waals surface area contributed by atoms with Crippen LogP contribution >= 0.6 is 0 Å². The van der Waals surface area contributed by atoms with E-state index in [0.717, 1.165) is 17.7 Å². The third-order valence-corrected chi connectivity index (χ3v) is 5.80. The number of hydrogen-bond acceptors (Lipinski definition) is 4. The molecular formula is C22H21N5O2. The topological polar surface area (TPSA) is 91.0 Å². The summed E-state index contributed by atoms with van der Waals surface area (Å²) in [5.41, 5.74) is 3.17. The number of carbonyl (C=O) groups excluding carboxylic acids is 2. The Hall–Kier alpha value is -3.48. The van der Waals surface area contributed by atoms with Gasteiger partial charge >= 0.3 is 0 Å². The van der Waals surface area contributed by atoms with Gasteiger partial charge in [0, 0.05) is 19.2 Å². The van der Waals surface area contributed by atoms with Crippen molar-refractivity contribution in [3.8, 4) is 0 Å². The van der Waals surface area contributed by atoms with Crippen molar-refractivity contribution in [2.75, 3.05) is 11.9 Å². The average Bonchev–Trinajstić information content (AvgIpc) is 3.41. The molecule has 7 nitrogen and oxygen atoms in total. The summed E-state index contributed by atoms with van der Waals surface area (Å²) in [5, 5.41) is 9.76. The van der Waals surface area contributed by atoms with Gasteiger partial charge in [0.25, 0.3) is 5.91 Å². The predicted molar refractivity (Wildman–Crippen MR) is 108 cm³/mol. The molecule has 1 fully saturated rings. The van der Waals surface area contributed by atoms with Crippen LogP contribution in [0.25, 0.3) is 0 Å². The average molecular weight is 387 g/mol. The predicted octanol–water partition coefficient (Wildman–Crippen LogP) is 2.27. The summed E-state index contributed by atoms with van der Waals surface area (Å²) in [4.78, 5) is 31.7. The number of H-pyrrole nitrogens is 1. The molecule has 0 saturated heterocycles. The van der Waals surface area contributed by atoms with Crippen LogP contribution in [0.4, 0.5) is 5.69 Å². The largest absolute Gasteiger partial charge is 0.337 e. The zero-order valence-corrected chi connectivity index (χ0v) is 16.0. The number of nitrogens with one attached hydrogen (secondary N) is 2. The van der Waals surface area contributed by atoms with E-state index in [1.165, 1.54) is 5.56 Å². The van der Waals surface area contributed by atoms with Gasteiger partial charge in [-0.2, -0.15) is 0 Å². The molecule has 2 aliphatic rings. The molecule has 2 amide bonds. The molecule has 5 rings (SSSR count). The van der Waals surface area contributed by atoms with Crippen molar-refractivity contribution < 1.29 is 9.59 Å². The standard InChI is InChI=1S/C22H21N5O2/c1-27-17-10-6-5-9-14(17)15-12-16(15)19(22(27)29)24-21(28)20-23-18(25-26-20)11-13-7-3-2-4-8-13/h2-10,15-16,19H,11-12H2,1H3,(H,24,28)(H,23,25,26)/t15-,16?,19?/m0/s1. The molecule has 0 spiro atoms. The maximum absolute atomic E-state index is 13.0. The third kappa shape index (κ3) is 3.18. The summed E-state index contributed by atoms with van der Waals surface area (Å²) in [7, 11) is 1.76. The van der Waals surface area contributed by atoms with E-state index in [0.29, 0.717) is 18.2 Å². The highest BCUT2D eigenvalue weighted by molar-refractivity contribution is 6.03. The quantitative estimate of drug-likeness (QED) is 0.719. The Balaban J connectivity index is 1.32. The number of aromatic amines is 1. The van der Waals surface area contributed by atoms with Crippen LogP contribution in [0, 0.1) is 5.92 Å². The van der Waals surface area contributed by atoms with Gasteiger partial charge in [0.15, 0.2) is 0 Å². The van der Waals surface area contributed by atoms with Crippen molar-refractivity contribution in [3.05, 3.63) is 77.4 Å². The smallest absolute Gasteiger partial charge is 0.291 e. The first-order valence-corrected chi connectivity index (χ1v) is 9.74. The van der Waals surface area contributed by atoms with Gasteiger partial charge in [0.05, 0.1) is 0 Å². The minimum absolute atomic E-state index is 0.0605. The lowest BCUT2D eigenvalue weighted by Gasteiger charge is -2.23. The Morgan fingerprint density at radius 1 is 1.17 bits per heavy atom. The molecule has 7 heteroatoms. The fraction of sp³-hybridized carbons (Fsp3) is 0.273. The number of fused-ring (bicyclic) bond motifs is 3. The minimum Gasteiger partial charge on any atom is -0.337 e. The summed E-state index contributed by atoms with van der Waals surface area (Å²) in [6.07, 6.45) is 1.46. The highest BCUT2D eigenvalue weighted by atomic mass is 16.2. The Bertz CT molecular complexity index is 1080. The van der Waals surface area contributed by atoms with E-state index in [1.807, 2.05) is 48.5 Å². The molecule has 1 saturated carbocycles. The number of likely N-dealkylation sites (N-methyl/N-ethyl adjacent to an activating group) is 1. The number of para-hydroxylation sites is 1. The van der Waals surface area contributed by atoms with E-state index >= 15 is 0 Å². The normalized spacial score (nSPS) is 22.4. The SMILES string of the molecule is CN1C(=O)C(NC(=O)c2n[nH]c(Cc3ccccc3)n2)C2C[C@H]2c2ccccc21. The lowest BCUT2D eigenvalue weighted by atomic mass is 10.1. The maximum atomic E-state index is 13.0. The molecule has 2 unspecified atom stereocenters. The fourth-order valence-electron chi connectivity index (χ4n) is 4.20. The highest BCUT2D eigenvalue weighted by Crippen LogP contribution is 2.54. The van der Waals surface area contributed by atoms with Crippen molar-refractivity contribution in [1.29, 1.82) is 0 Å². The zero-order chi connectivity index (χ0) is 20.0. The number of carbonyl (C=O) groups is 2. The van der Waals surface area contributed by atoms with Crippen molar-refractivity contribution in [1.82, 2.24) is 20.5 Å². The molecule has 3 atom stereocenters. The van der Waals surface area contributed by atoms with Crippen molar-refractivity contribution in [2.45, 2.75) is 24.8 Å². The van der Waals surface area contributed by atoms with E-state index in [9.17, 15) is 9.59 Å². The minimum atomic E-state index is -0.569. The molecule has 0 radical (unpaired) electrons. The van der Waals surface area contributed by atoms with Gasteiger partial charge in [0.1, 0.15) is 11.9 Å². The van der Waals surface area contributed by atoms with Gasteiger partial charge in [-0.3, -0.25) is 14.7 Å². The fourth-order valence-corrected chi connectivity index (χ4v) is 4.20. The van der Waals surface area contributed by atoms with Crippen molar-refractivity contribution in [3.63, 3.8) is 0 Å². The van der Waals surface area contributed by atoms with Crippen LogP contribution in [0.5, 0.6) is 0 Å². The molecule has 0 bridgehead atoms. The number of rotatable bonds is 4. The van der Waals surface area contributed by atoms with Gasteiger partial charge in [-0.15, -0.1) is 5.10 Å².